The van der Waals surface area contributed by atoms with E-state index in [0.717, 1.165) is 44.7 Å². The standard InChI is InChI=1S/C16H32N2O.ClH/c1-18(14-12-15-9-5-4-6-10-15)16(19)11-7-2-3-8-13-17;/h15H,2-14,17H2,1H3;1H. The highest BCUT2D eigenvalue weighted by atomic mass is 35.5. The molecule has 0 aromatic carbocycles. The lowest BCUT2D eigenvalue weighted by Gasteiger charge is -2.24. The minimum Gasteiger partial charge on any atom is -0.346 e. The molecule has 1 amide bonds. The molecule has 0 radical (unpaired) electrons. The lowest BCUT2D eigenvalue weighted by atomic mass is 9.87. The smallest absolute Gasteiger partial charge is 0.222 e. The SMILES string of the molecule is CN(CCC1CCCCC1)C(=O)CCCCCCN.Cl. The average Bonchev–Trinajstić information content (AvgIpc) is 2.45. The predicted octanol–water partition coefficient (Wildman–Crippen LogP) is 3.75. The summed E-state index contributed by atoms with van der Waals surface area (Å²) in [5.41, 5.74) is 5.45. The molecule has 20 heavy (non-hydrogen) atoms. The summed E-state index contributed by atoms with van der Waals surface area (Å²) in [6.45, 7) is 1.72. The Kier molecular flexibility index (Phi) is 12.3. The van der Waals surface area contributed by atoms with E-state index in [1.807, 2.05) is 11.9 Å². The van der Waals surface area contributed by atoms with Crippen LogP contribution < -0.4 is 5.73 Å². The summed E-state index contributed by atoms with van der Waals surface area (Å²) in [4.78, 5) is 13.9. The molecular weight excluding hydrogens is 272 g/mol. The van der Waals surface area contributed by atoms with E-state index in [0.29, 0.717) is 12.3 Å². The van der Waals surface area contributed by atoms with E-state index < -0.39 is 0 Å². The second-order valence-electron chi connectivity index (χ2n) is 6.06. The molecule has 1 saturated carbocycles. The highest BCUT2D eigenvalue weighted by Gasteiger charge is 2.15. The molecule has 0 bridgehead atoms. The lowest BCUT2D eigenvalue weighted by molar-refractivity contribution is -0.130. The van der Waals surface area contributed by atoms with Crippen molar-refractivity contribution in [2.24, 2.45) is 11.7 Å². The Morgan fingerprint density at radius 2 is 1.75 bits per heavy atom. The first-order chi connectivity index (χ1) is 9.24. The van der Waals surface area contributed by atoms with Crippen molar-refractivity contribution in [2.75, 3.05) is 20.1 Å². The number of unbranched alkanes of at least 4 members (excludes halogenated alkanes) is 3. The van der Waals surface area contributed by atoms with Gasteiger partial charge in [-0.2, -0.15) is 0 Å². The molecule has 1 fully saturated rings. The molecule has 1 aliphatic carbocycles. The Labute approximate surface area is 131 Å². The Morgan fingerprint density at radius 1 is 1.10 bits per heavy atom. The minimum absolute atomic E-state index is 0. The summed E-state index contributed by atoms with van der Waals surface area (Å²) < 4.78 is 0. The lowest BCUT2D eigenvalue weighted by Crippen LogP contribution is -2.29. The molecule has 120 valence electrons. The zero-order chi connectivity index (χ0) is 13.9. The van der Waals surface area contributed by atoms with E-state index in [9.17, 15) is 4.79 Å². The Hall–Kier alpha value is -0.280. The Bertz CT molecular complexity index is 243. The van der Waals surface area contributed by atoms with Crippen molar-refractivity contribution in [1.29, 1.82) is 0 Å². The van der Waals surface area contributed by atoms with Crippen LogP contribution >= 0.6 is 12.4 Å². The number of hydrogen-bond donors (Lipinski definition) is 1. The third-order valence-electron chi connectivity index (χ3n) is 4.37. The van der Waals surface area contributed by atoms with Gasteiger partial charge in [-0.1, -0.05) is 44.9 Å². The molecule has 0 aliphatic heterocycles. The van der Waals surface area contributed by atoms with Crippen LogP contribution in [0.25, 0.3) is 0 Å². The first kappa shape index (κ1) is 19.7. The molecule has 0 spiro atoms. The number of halogens is 1. The normalized spacial score (nSPS) is 15.7. The molecule has 0 atom stereocenters. The van der Waals surface area contributed by atoms with Crippen molar-refractivity contribution >= 4 is 18.3 Å². The molecule has 3 nitrogen and oxygen atoms in total. The number of hydrogen-bond acceptors (Lipinski definition) is 2. The fourth-order valence-corrected chi connectivity index (χ4v) is 2.94. The number of nitrogens with zero attached hydrogens (tertiary/aromatic N) is 1. The van der Waals surface area contributed by atoms with Gasteiger partial charge in [-0.05, 0) is 31.7 Å². The van der Waals surface area contributed by atoms with Gasteiger partial charge in [-0.25, -0.2) is 0 Å². The van der Waals surface area contributed by atoms with Gasteiger partial charge in [0.2, 0.25) is 5.91 Å². The van der Waals surface area contributed by atoms with Crippen LogP contribution in [0.3, 0.4) is 0 Å². The summed E-state index contributed by atoms with van der Waals surface area (Å²) in [5.74, 6) is 1.19. The predicted molar refractivity (Wildman–Crippen MR) is 88.2 cm³/mol. The first-order valence-corrected chi connectivity index (χ1v) is 8.18. The zero-order valence-corrected chi connectivity index (χ0v) is 13.9. The van der Waals surface area contributed by atoms with Crippen LogP contribution in [0.1, 0.15) is 70.6 Å². The van der Waals surface area contributed by atoms with E-state index in [1.165, 1.54) is 38.5 Å². The quantitative estimate of drug-likeness (QED) is 0.659. The van der Waals surface area contributed by atoms with Gasteiger partial charge in [0, 0.05) is 20.0 Å². The van der Waals surface area contributed by atoms with E-state index in [1.54, 1.807) is 0 Å². The molecule has 1 aliphatic rings. The van der Waals surface area contributed by atoms with E-state index in [-0.39, 0.29) is 12.4 Å². The van der Waals surface area contributed by atoms with Gasteiger partial charge in [0.25, 0.3) is 0 Å². The fraction of sp³-hybridized carbons (Fsp3) is 0.938. The van der Waals surface area contributed by atoms with Crippen molar-refractivity contribution in [3.8, 4) is 0 Å². The number of rotatable bonds is 9. The van der Waals surface area contributed by atoms with Gasteiger partial charge >= 0.3 is 0 Å². The number of carbonyl (C=O) groups excluding carboxylic acids is 1. The van der Waals surface area contributed by atoms with Gasteiger partial charge < -0.3 is 10.6 Å². The second kappa shape index (κ2) is 12.5. The summed E-state index contributed by atoms with van der Waals surface area (Å²) in [6, 6.07) is 0. The third kappa shape index (κ3) is 8.80. The zero-order valence-electron chi connectivity index (χ0n) is 13.1. The van der Waals surface area contributed by atoms with Crippen LogP contribution in [0.4, 0.5) is 0 Å². The highest BCUT2D eigenvalue weighted by molar-refractivity contribution is 5.85. The van der Waals surface area contributed by atoms with Crippen molar-refractivity contribution in [3.63, 3.8) is 0 Å². The molecular formula is C16H33ClN2O. The molecule has 0 unspecified atom stereocenters. The van der Waals surface area contributed by atoms with Crippen molar-refractivity contribution < 1.29 is 4.79 Å². The molecule has 2 N–H and O–H groups in total. The fourth-order valence-electron chi connectivity index (χ4n) is 2.94. The summed E-state index contributed by atoms with van der Waals surface area (Å²) in [6.07, 6.45) is 13.3. The van der Waals surface area contributed by atoms with Gasteiger partial charge in [0.15, 0.2) is 0 Å². The van der Waals surface area contributed by atoms with E-state index in [4.69, 9.17) is 5.73 Å². The van der Waals surface area contributed by atoms with Gasteiger partial charge in [0.05, 0.1) is 0 Å². The second-order valence-corrected chi connectivity index (χ2v) is 6.06. The molecule has 0 aromatic rings. The van der Waals surface area contributed by atoms with Crippen LogP contribution in [-0.2, 0) is 4.79 Å². The van der Waals surface area contributed by atoms with Crippen LogP contribution in [0.5, 0.6) is 0 Å². The van der Waals surface area contributed by atoms with Crippen molar-refractivity contribution in [1.82, 2.24) is 4.90 Å². The van der Waals surface area contributed by atoms with Gasteiger partial charge in [-0.15, -0.1) is 12.4 Å². The number of amides is 1. The third-order valence-corrected chi connectivity index (χ3v) is 4.37. The summed E-state index contributed by atoms with van der Waals surface area (Å²) >= 11 is 0. The Morgan fingerprint density at radius 3 is 2.40 bits per heavy atom. The number of nitrogens with two attached hydrogens (primary N) is 1. The van der Waals surface area contributed by atoms with Gasteiger partial charge in [-0.3, -0.25) is 4.79 Å². The van der Waals surface area contributed by atoms with E-state index in [2.05, 4.69) is 0 Å². The van der Waals surface area contributed by atoms with Crippen molar-refractivity contribution in [2.45, 2.75) is 70.6 Å². The minimum atomic E-state index is 0. The highest BCUT2D eigenvalue weighted by Crippen LogP contribution is 2.26. The summed E-state index contributed by atoms with van der Waals surface area (Å²) in [7, 11) is 1.96. The maximum Gasteiger partial charge on any atom is 0.222 e. The van der Waals surface area contributed by atoms with Crippen molar-refractivity contribution in [3.05, 3.63) is 0 Å². The molecule has 0 aromatic heterocycles. The maximum atomic E-state index is 11.9. The number of carbonyl (C=O) groups is 1. The molecule has 4 heteroatoms. The summed E-state index contributed by atoms with van der Waals surface area (Å²) in [5, 5.41) is 0. The monoisotopic (exact) mass is 304 g/mol. The molecule has 0 heterocycles. The average molecular weight is 305 g/mol. The largest absolute Gasteiger partial charge is 0.346 e. The van der Waals surface area contributed by atoms with Crippen LogP contribution in [0.15, 0.2) is 0 Å². The molecule has 0 saturated heterocycles. The van der Waals surface area contributed by atoms with Gasteiger partial charge in [0.1, 0.15) is 0 Å². The van der Waals surface area contributed by atoms with Crippen LogP contribution in [0, 0.1) is 5.92 Å². The van der Waals surface area contributed by atoms with Crippen LogP contribution in [0.2, 0.25) is 0 Å². The topological polar surface area (TPSA) is 46.3 Å². The van der Waals surface area contributed by atoms with Crippen LogP contribution in [-0.4, -0.2) is 30.9 Å². The maximum absolute atomic E-state index is 11.9. The molecule has 1 rings (SSSR count). The Balaban J connectivity index is 0.00000361. The van der Waals surface area contributed by atoms with E-state index >= 15 is 0 Å². The first-order valence-electron chi connectivity index (χ1n) is 8.18.